The van der Waals surface area contributed by atoms with Gasteiger partial charge in [-0.1, -0.05) is 0 Å². The van der Waals surface area contributed by atoms with Crippen LogP contribution in [0, 0.1) is 0 Å². The Bertz CT molecular complexity index is 369. The quantitative estimate of drug-likeness (QED) is 0.827. The minimum atomic E-state index is -0.848. The van der Waals surface area contributed by atoms with Crippen LogP contribution in [0.15, 0.2) is 0 Å². The van der Waals surface area contributed by atoms with Crippen molar-refractivity contribution in [3.05, 3.63) is 0 Å². The molecular weight excluding hydrogens is 280 g/mol. The van der Waals surface area contributed by atoms with Crippen LogP contribution >= 0.6 is 11.8 Å². The van der Waals surface area contributed by atoms with Crippen LogP contribution in [-0.2, 0) is 9.53 Å². The molecule has 2 aliphatic heterocycles. The van der Waals surface area contributed by atoms with E-state index >= 15 is 0 Å². The molecule has 1 N–H and O–H groups in total. The molecule has 3 atom stereocenters. The third-order valence-corrected chi connectivity index (χ3v) is 4.67. The average molecular weight is 302 g/mol. The Hall–Kier alpha value is -0.950. The molecule has 0 aromatic rings. The summed E-state index contributed by atoms with van der Waals surface area (Å²) < 4.78 is 5.63. The average Bonchev–Trinajstić information content (AvgIpc) is 2.36. The van der Waals surface area contributed by atoms with E-state index in [0.717, 1.165) is 5.75 Å². The van der Waals surface area contributed by atoms with Gasteiger partial charge in [0.1, 0.15) is 0 Å². The largest absolute Gasteiger partial charge is 0.481 e. The predicted octanol–water partition coefficient (Wildman–Crippen LogP) is 1.11. The maximum absolute atomic E-state index is 12.6. The molecule has 114 valence electrons. The van der Waals surface area contributed by atoms with Crippen molar-refractivity contribution >= 4 is 23.8 Å². The van der Waals surface area contributed by atoms with E-state index in [1.807, 2.05) is 13.8 Å². The van der Waals surface area contributed by atoms with Gasteiger partial charge in [-0.2, -0.15) is 11.8 Å². The number of thioether (sulfide) groups is 1. The van der Waals surface area contributed by atoms with Gasteiger partial charge in [-0.15, -0.1) is 0 Å². The monoisotopic (exact) mass is 302 g/mol. The second kappa shape index (κ2) is 6.67. The van der Waals surface area contributed by atoms with Gasteiger partial charge in [0.05, 0.1) is 24.7 Å². The number of urea groups is 1. The zero-order chi connectivity index (χ0) is 14.7. The molecule has 0 radical (unpaired) electrons. The van der Waals surface area contributed by atoms with Gasteiger partial charge in [0, 0.05) is 31.1 Å². The van der Waals surface area contributed by atoms with Gasteiger partial charge in [-0.25, -0.2) is 4.79 Å². The number of hydrogen-bond donors (Lipinski definition) is 1. The van der Waals surface area contributed by atoms with Gasteiger partial charge in [0.15, 0.2) is 0 Å². The van der Waals surface area contributed by atoms with Crippen LogP contribution in [0.3, 0.4) is 0 Å². The van der Waals surface area contributed by atoms with E-state index in [-0.39, 0.29) is 30.7 Å². The molecule has 0 aromatic carbocycles. The molecular formula is C13H22N2O4S. The molecule has 2 rings (SSSR count). The number of hydrogen-bond acceptors (Lipinski definition) is 4. The molecule has 2 aliphatic rings. The van der Waals surface area contributed by atoms with Crippen molar-refractivity contribution in [1.29, 1.82) is 0 Å². The minimum absolute atomic E-state index is 0.0220. The molecule has 0 saturated carbocycles. The van der Waals surface area contributed by atoms with Gasteiger partial charge < -0.3 is 19.6 Å². The Kier molecular flexibility index (Phi) is 5.15. The van der Waals surface area contributed by atoms with Gasteiger partial charge in [-0.3, -0.25) is 4.79 Å². The molecule has 2 amide bonds. The Labute approximate surface area is 123 Å². The smallest absolute Gasteiger partial charge is 0.320 e. The molecule has 7 heteroatoms. The zero-order valence-corrected chi connectivity index (χ0v) is 12.8. The highest BCUT2D eigenvalue weighted by Gasteiger charge is 2.34. The van der Waals surface area contributed by atoms with Crippen molar-refractivity contribution in [2.24, 2.45) is 0 Å². The molecule has 3 unspecified atom stereocenters. The molecule has 2 heterocycles. The Morgan fingerprint density at radius 3 is 2.55 bits per heavy atom. The lowest BCUT2D eigenvalue weighted by Crippen LogP contribution is -2.57. The number of nitrogens with zero attached hydrogens (tertiary/aromatic N) is 2. The fraction of sp³-hybridized carbons (Fsp3) is 0.846. The molecule has 0 bridgehead atoms. The Balaban J connectivity index is 2.03. The van der Waals surface area contributed by atoms with E-state index in [1.54, 1.807) is 21.6 Å². The maximum atomic E-state index is 12.6. The van der Waals surface area contributed by atoms with Gasteiger partial charge in [0.25, 0.3) is 0 Å². The third-order valence-electron chi connectivity index (χ3n) is 3.57. The van der Waals surface area contributed by atoms with Crippen molar-refractivity contribution in [2.75, 3.05) is 31.1 Å². The maximum Gasteiger partial charge on any atom is 0.320 e. The molecule has 0 spiro atoms. The Morgan fingerprint density at radius 1 is 1.30 bits per heavy atom. The molecule has 0 aromatic heterocycles. The number of carbonyl (C=O) groups excluding carboxylic acids is 1. The van der Waals surface area contributed by atoms with Gasteiger partial charge >= 0.3 is 12.0 Å². The van der Waals surface area contributed by atoms with E-state index in [0.29, 0.717) is 25.4 Å². The van der Waals surface area contributed by atoms with Crippen molar-refractivity contribution in [3.63, 3.8) is 0 Å². The number of carbonyl (C=O) groups is 2. The van der Waals surface area contributed by atoms with E-state index in [9.17, 15) is 9.59 Å². The fourth-order valence-electron chi connectivity index (χ4n) is 2.79. The number of rotatable bonds is 2. The van der Waals surface area contributed by atoms with Crippen LogP contribution in [0.5, 0.6) is 0 Å². The fourth-order valence-corrected chi connectivity index (χ4v) is 3.86. The second-order valence-electron chi connectivity index (χ2n) is 5.46. The minimum Gasteiger partial charge on any atom is -0.481 e. The van der Waals surface area contributed by atoms with Crippen molar-refractivity contribution in [2.45, 2.75) is 38.5 Å². The number of ether oxygens (including phenoxy) is 1. The summed E-state index contributed by atoms with van der Waals surface area (Å²) in [6, 6.07) is -0.245. The molecule has 20 heavy (non-hydrogen) atoms. The highest BCUT2D eigenvalue weighted by molar-refractivity contribution is 7.99. The van der Waals surface area contributed by atoms with E-state index in [2.05, 4.69) is 0 Å². The van der Waals surface area contributed by atoms with E-state index in [1.165, 1.54) is 0 Å². The number of aliphatic carboxylic acids is 1. The number of carboxylic acids is 1. The first kappa shape index (κ1) is 15.4. The Morgan fingerprint density at radius 2 is 1.95 bits per heavy atom. The standard InChI is InChI=1S/C13H22N2O4S/c1-9-6-14(7-10(2)19-9)13(18)15-3-4-20-8-11(15)5-12(16)17/h9-11H,3-8H2,1-2H3,(H,16,17). The summed E-state index contributed by atoms with van der Waals surface area (Å²) in [5.41, 5.74) is 0. The molecule has 0 aliphatic carbocycles. The van der Waals surface area contributed by atoms with E-state index in [4.69, 9.17) is 9.84 Å². The van der Waals surface area contributed by atoms with Crippen molar-refractivity contribution in [1.82, 2.24) is 9.80 Å². The number of amides is 2. The first-order valence-corrected chi connectivity index (χ1v) is 8.13. The van der Waals surface area contributed by atoms with E-state index < -0.39 is 5.97 Å². The van der Waals surface area contributed by atoms with Crippen LogP contribution in [0.25, 0.3) is 0 Å². The molecule has 2 fully saturated rings. The molecule has 6 nitrogen and oxygen atoms in total. The summed E-state index contributed by atoms with van der Waals surface area (Å²) in [6.07, 6.45) is 0.0772. The third kappa shape index (κ3) is 3.79. The van der Waals surface area contributed by atoms with Crippen LogP contribution in [-0.4, -0.2) is 76.3 Å². The number of carboxylic acid groups (broad SMARTS) is 1. The van der Waals surface area contributed by atoms with Crippen LogP contribution < -0.4 is 0 Å². The topological polar surface area (TPSA) is 70.1 Å². The summed E-state index contributed by atoms with van der Waals surface area (Å²) >= 11 is 1.71. The highest BCUT2D eigenvalue weighted by atomic mass is 32.2. The lowest BCUT2D eigenvalue weighted by Gasteiger charge is -2.42. The summed E-state index contributed by atoms with van der Waals surface area (Å²) in [7, 11) is 0. The van der Waals surface area contributed by atoms with Crippen LogP contribution in [0.4, 0.5) is 4.79 Å². The van der Waals surface area contributed by atoms with Crippen LogP contribution in [0.1, 0.15) is 20.3 Å². The number of morpholine rings is 1. The van der Waals surface area contributed by atoms with Crippen molar-refractivity contribution < 1.29 is 19.4 Å². The van der Waals surface area contributed by atoms with Crippen molar-refractivity contribution in [3.8, 4) is 0 Å². The molecule has 2 saturated heterocycles. The summed E-state index contributed by atoms with van der Waals surface area (Å²) in [5.74, 6) is 0.726. The second-order valence-corrected chi connectivity index (χ2v) is 6.61. The zero-order valence-electron chi connectivity index (χ0n) is 11.9. The lowest BCUT2D eigenvalue weighted by atomic mass is 10.2. The first-order valence-electron chi connectivity index (χ1n) is 6.98. The summed E-state index contributed by atoms with van der Waals surface area (Å²) in [6.45, 7) is 5.69. The predicted molar refractivity (Wildman–Crippen MR) is 77.0 cm³/mol. The lowest BCUT2D eigenvalue weighted by molar-refractivity contribution is -0.138. The van der Waals surface area contributed by atoms with Gasteiger partial charge in [-0.05, 0) is 13.8 Å². The summed E-state index contributed by atoms with van der Waals surface area (Å²) in [5, 5.41) is 8.98. The first-order chi connectivity index (χ1) is 9.47. The summed E-state index contributed by atoms with van der Waals surface area (Å²) in [4.78, 5) is 27.1. The SMILES string of the molecule is CC1CN(C(=O)N2CCSCC2CC(=O)O)CC(C)O1. The van der Waals surface area contributed by atoms with Gasteiger partial charge in [0.2, 0.25) is 0 Å². The van der Waals surface area contributed by atoms with Crippen LogP contribution in [0.2, 0.25) is 0 Å². The normalized spacial score (nSPS) is 31.2. The highest BCUT2D eigenvalue weighted by Crippen LogP contribution is 2.22.